The first kappa shape index (κ1) is 36.7. The molecule has 2 fully saturated rings. The second-order valence-electron chi connectivity index (χ2n) is 13.9. The smallest absolute Gasteiger partial charge is 0.309 e. The highest BCUT2D eigenvalue weighted by atomic mass is 16.6. The second kappa shape index (κ2) is 16.1. The van der Waals surface area contributed by atoms with E-state index in [1.54, 1.807) is 19.1 Å². The monoisotopic (exact) mass is 630 g/mol. The zero-order chi connectivity index (χ0) is 33.4. The van der Waals surface area contributed by atoms with Crippen LogP contribution in [0.4, 0.5) is 0 Å². The summed E-state index contributed by atoms with van der Waals surface area (Å²) in [5, 5.41) is 11.7. The van der Waals surface area contributed by atoms with Crippen molar-refractivity contribution in [3.63, 3.8) is 0 Å². The summed E-state index contributed by atoms with van der Waals surface area (Å²) < 4.78 is 16.9. The summed E-state index contributed by atoms with van der Waals surface area (Å²) in [5.74, 6) is -2.98. The average Bonchev–Trinajstić information content (AvgIpc) is 3.29. The van der Waals surface area contributed by atoms with E-state index in [1.807, 2.05) is 46.8 Å². The minimum absolute atomic E-state index is 0.0186. The van der Waals surface area contributed by atoms with Crippen molar-refractivity contribution in [3.8, 4) is 0 Å². The predicted octanol–water partition coefficient (Wildman–Crippen LogP) is 5.71. The standard InChI is InChI=1S/C36H54O9/c1-7-9-14-31(40)45-36(30(39)22-43-32(41)19-25(5)34(42)44-21-23(3)8-2)18-17-28-27-13-11-10-12-26(37)16-15-24(4)33(27)29(38)20-35(28,36)6/h10,12,15-16,23-25,27-29,33,38H,7-9,11,13-14,17-22H2,1-6H3. The van der Waals surface area contributed by atoms with Crippen LogP contribution < -0.4 is 0 Å². The van der Waals surface area contributed by atoms with Crippen LogP contribution in [0.25, 0.3) is 0 Å². The van der Waals surface area contributed by atoms with E-state index in [-0.39, 0.29) is 67.7 Å². The van der Waals surface area contributed by atoms with Crippen LogP contribution in [0.1, 0.15) is 106 Å². The highest BCUT2D eigenvalue weighted by Gasteiger charge is 2.68. The third-order valence-electron chi connectivity index (χ3n) is 10.7. The highest BCUT2D eigenvalue weighted by Crippen LogP contribution is 2.64. The molecular formula is C36H54O9. The Labute approximate surface area is 268 Å². The molecule has 0 aromatic heterocycles. The normalized spacial score (nSPS) is 32.5. The molecule has 1 N–H and O–H groups in total. The molecule has 0 amide bonds. The van der Waals surface area contributed by atoms with E-state index in [0.29, 0.717) is 19.3 Å². The fourth-order valence-electron chi connectivity index (χ4n) is 7.83. The minimum Gasteiger partial charge on any atom is -0.465 e. The molecule has 3 aliphatic carbocycles. The number of Topliss-reactive ketones (excluding diaryl/α,β-unsaturated/α-hetero) is 1. The summed E-state index contributed by atoms with van der Waals surface area (Å²) in [6.45, 7) is 11.2. The van der Waals surface area contributed by atoms with Gasteiger partial charge in [0.1, 0.15) is 0 Å². The Hall–Kier alpha value is -2.81. The number of carbonyl (C=O) groups excluding carboxylic acids is 5. The molecule has 3 aliphatic rings. The summed E-state index contributed by atoms with van der Waals surface area (Å²) >= 11 is 0. The van der Waals surface area contributed by atoms with Crippen LogP contribution in [0.3, 0.4) is 0 Å². The Bertz CT molecular complexity index is 1140. The third kappa shape index (κ3) is 8.52. The van der Waals surface area contributed by atoms with Gasteiger partial charge in [0.2, 0.25) is 5.78 Å². The molecule has 0 heterocycles. The number of rotatable bonds is 13. The first-order valence-corrected chi connectivity index (χ1v) is 16.9. The molecule has 9 atom stereocenters. The lowest BCUT2D eigenvalue weighted by Crippen LogP contribution is -2.61. The van der Waals surface area contributed by atoms with Gasteiger partial charge >= 0.3 is 17.9 Å². The Kier molecular flexibility index (Phi) is 13.2. The van der Waals surface area contributed by atoms with Crippen molar-refractivity contribution in [1.82, 2.24) is 0 Å². The van der Waals surface area contributed by atoms with Gasteiger partial charge < -0.3 is 19.3 Å². The number of carbonyl (C=O) groups is 5. The number of hydrogen-bond acceptors (Lipinski definition) is 9. The van der Waals surface area contributed by atoms with Gasteiger partial charge in [-0.1, -0.05) is 66.5 Å². The van der Waals surface area contributed by atoms with E-state index in [4.69, 9.17) is 14.2 Å². The quantitative estimate of drug-likeness (QED) is 0.201. The van der Waals surface area contributed by atoms with E-state index in [1.165, 1.54) is 0 Å². The predicted molar refractivity (Wildman–Crippen MR) is 169 cm³/mol. The van der Waals surface area contributed by atoms with Crippen LogP contribution in [0.15, 0.2) is 24.3 Å². The van der Waals surface area contributed by atoms with Crippen LogP contribution in [-0.2, 0) is 38.2 Å². The van der Waals surface area contributed by atoms with Gasteiger partial charge in [0.15, 0.2) is 18.0 Å². The van der Waals surface area contributed by atoms with Gasteiger partial charge in [0.25, 0.3) is 0 Å². The molecule has 252 valence electrons. The van der Waals surface area contributed by atoms with Gasteiger partial charge in [0, 0.05) is 11.8 Å². The molecule has 9 heteroatoms. The van der Waals surface area contributed by atoms with Crippen LogP contribution in [-0.4, -0.2) is 59.5 Å². The molecule has 9 unspecified atom stereocenters. The van der Waals surface area contributed by atoms with Crippen LogP contribution in [0.2, 0.25) is 0 Å². The third-order valence-corrected chi connectivity index (χ3v) is 10.7. The largest absolute Gasteiger partial charge is 0.465 e. The topological polar surface area (TPSA) is 133 Å². The van der Waals surface area contributed by atoms with Gasteiger partial charge in [-0.25, -0.2) is 0 Å². The maximum Gasteiger partial charge on any atom is 0.309 e. The number of aliphatic hydroxyl groups excluding tert-OH is 1. The number of ketones is 2. The highest BCUT2D eigenvalue weighted by molar-refractivity contribution is 5.99. The van der Waals surface area contributed by atoms with Gasteiger partial charge in [-0.05, 0) is 80.3 Å². The maximum atomic E-state index is 14.2. The van der Waals surface area contributed by atoms with Crippen molar-refractivity contribution in [1.29, 1.82) is 0 Å². The lowest BCUT2D eigenvalue weighted by Gasteiger charge is -2.54. The van der Waals surface area contributed by atoms with Gasteiger partial charge in [0.05, 0.1) is 25.0 Å². The summed E-state index contributed by atoms with van der Waals surface area (Å²) in [7, 11) is 0. The number of hydrogen-bond donors (Lipinski definition) is 1. The molecule has 0 aliphatic heterocycles. The van der Waals surface area contributed by atoms with Gasteiger partial charge in [-0.2, -0.15) is 0 Å². The SMILES string of the molecule is CCCCC(=O)OC1(C(=O)COC(=O)CC(C)C(=O)OCC(C)CC)CCC2C3CCC=CC(=O)C=CC(C)C3C(O)CC21C. The molecule has 45 heavy (non-hydrogen) atoms. The Morgan fingerprint density at radius 1 is 1.07 bits per heavy atom. The van der Waals surface area contributed by atoms with Crippen LogP contribution in [0, 0.1) is 40.9 Å². The molecule has 0 aromatic rings. The number of ether oxygens (including phenoxy) is 3. The molecular weight excluding hydrogens is 576 g/mol. The van der Waals surface area contributed by atoms with Crippen molar-refractivity contribution < 1.29 is 43.3 Å². The molecule has 0 bridgehead atoms. The first-order valence-electron chi connectivity index (χ1n) is 16.9. The van der Waals surface area contributed by atoms with E-state index in [9.17, 15) is 29.1 Å². The number of unbranched alkanes of at least 4 members (excludes halogenated alkanes) is 1. The van der Waals surface area contributed by atoms with E-state index in [2.05, 4.69) is 0 Å². The van der Waals surface area contributed by atoms with Gasteiger partial charge in [-0.15, -0.1) is 0 Å². The first-order chi connectivity index (χ1) is 21.3. The van der Waals surface area contributed by atoms with Crippen molar-refractivity contribution in [2.24, 2.45) is 40.9 Å². The Morgan fingerprint density at radius 2 is 1.80 bits per heavy atom. The van der Waals surface area contributed by atoms with Crippen molar-refractivity contribution in [2.75, 3.05) is 13.2 Å². The molecule has 9 nitrogen and oxygen atoms in total. The van der Waals surface area contributed by atoms with E-state index < -0.39 is 53.3 Å². The molecule has 0 saturated heterocycles. The summed E-state index contributed by atoms with van der Waals surface area (Å²) in [4.78, 5) is 64.6. The van der Waals surface area contributed by atoms with E-state index >= 15 is 0 Å². The second-order valence-corrected chi connectivity index (χ2v) is 13.9. The van der Waals surface area contributed by atoms with Crippen molar-refractivity contribution >= 4 is 29.5 Å². The molecule has 0 spiro atoms. The Morgan fingerprint density at radius 3 is 2.49 bits per heavy atom. The lowest BCUT2D eigenvalue weighted by atomic mass is 9.52. The van der Waals surface area contributed by atoms with E-state index in [0.717, 1.165) is 19.3 Å². The van der Waals surface area contributed by atoms with Crippen LogP contribution >= 0.6 is 0 Å². The van der Waals surface area contributed by atoms with Crippen LogP contribution in [0.5, 0.6) is 0 Å². The van der Waals surface area contributed by atoms with Crippen molar-refractivity contribution in [2.45, 2.75) is 117 Å². The minimum atomic E-state index is -1.56. The average molecular weight is 631 g/mol. The fraction of sp³-hybridized carbons (Fsp3) is 0.750. The summed E-state index contributed by atoms with van der Waals surface area (Å²) in [5.41, 5.74) is -2.45. The Balaban J connectivity index is 1.83. The number of esters is 3. The van der Waals surface area contributed by atoms with Gasteiger partial charge in [-0.3, -0.25) is 24.0 Å². The zero-order valence-electron chi connectivity index (χ0n) is 28.0. The fourth-order valence-corrected chi connectivity index (χ4v) is 7.83. The molecule has 0 radical (unpaired) electrons. The summed E-state index contributed by atoms with van der Waals surface area (Å²) in [6, 6.07) is 0. The zero-order valence-corrected chi connectivity index (χ0v) is 28.0. The number of aliphatic hydroxyl groups is 1. The molecule has 2 saturated carbocycles. The van der Waals surface area contributed by atoms with Crippen molar-refractivity contribution in [3.05, 3.63) is 24.3 Å². The molecule has 3 rings (SSSR count). The lowest BCUT2D eigenvalue weighted by molar-refractivity contribution is -0.198. The number of allylic oxidation sites excluding steroid dienone is 4. The maximum absolute atomic E-state index is 14.2. The molecule has 0 aromatic carbocycles. The summed E-state index contributed by atoms with van der Waals surface area (Å²) in [6.07, 6.45) is 10.7. The number of fused-ring (bicyclic) bond motifs is 3.